The van der Waals surface area contributed by atoms with Gasteiger partial charge in [0.1, 0.15) is 6.61 Å². The van der Waals surface area contributed by atoms with Crippen LogP contribution in [0.5, 0.6) is 0 Å². The number of carbonyl (C=O) groups is 2. The standard InChI is InChI=1S/C20H20N2O4/c1-21-20(18(23)24)11-22(12-20)19(25)26-10-17-15-8-4-2-6-13(15)14-7-3-5-9-16(14)17/h2-9,17,21H,10-12H2,1H3,(H,23,24). The fraction of sp³-hybridized carbons (Fsp3) is 0.300. The summed E-state index contributed by atoms with van der Waals surface area (Å²) in [6.07, 6.45) is -0.473. The number of fused-ring (bicyclic) bond motifs is 3. The number of aliphatic carboxylic acids is 1. The third kappa shape index (κ3) is 2.45. The lowest BCUT2D eigenvalue weighted by atomic mass is 9.90. The highest BCUT2D eigenvalue weighted by Gasteiger charge is 2.51. The SMILES string of the molecule is CNC1(C(=O)O)CN(C(=O)OCC2c3ccccc3-c3ccccc32)C1. The number of carboxylic acids is 1. The van der Waals surface area contributed by atoms with Gasteiger partial charge in [0.05, 0.1) is 13.1 Å². The average molecular weight is 352 g/mol. The predicted octanol–water partition coefficient (Wildman–Crippen LogP) is 2.29. The van der Waals surface area contributed by atoms with Crippen molar-refractivity contribution in [2.24, 2.45) is 0 Å². The minimum Gasteiger partial charge on any atom is -0.480 e. The molecule has 134 valence electrons. The summed E-state index contributed by atoms with van der Waals surface area (Å²) in [6.45, 7) is 0.452. The van der Waals surface area contributed by atoms with Crippen LogP contribution in [-0.4, -0.2) is 54.4 Å². The second-order valence-electron chi connectivity index (χ2n) is 6.80. The Balaban J connectivity index is 1.46. The van der Waals surface area contributed by atoms with Crippen LogP contribution >= 0.6 is 0 Å². The molecule has 0 bridgehead atoms. The Hall–Kier alpha value is -2.86. The molecule has 6 heteroatoms. The van der Waals surface area contributed by atoms with Gasteiger partial charge in [-0.1, -0.05) is 48.5 Å². The van der Waals surface area contributed by atoms with Crippen molar-refractivity contribution < 1.29 is 19.4 Å². The molecular formula is C20H20N2O4. The predicted molar refractivity (Wildman–Crippen MR) is 96.1 cm³/mol. The van der Waals surface area contributed by atoms with Gasteiger partial charge in [-0.05, 0) is 29.3 Å². The summed E-state index contributed by atoms with van der Waals surface area (Å²) in [5, 5.41) is 12.0. The van der Waals surface area contributed by atoms with Crippen LogP contribution in [0.4, 0.5) is 4.79 Å². The molecule has 2 aromatic rings. The Morgan fingerprint density at radius 1 is 1.12 bits per heavy atom. The summed E-state index contributed by atoms with van der Waals surface area (Å²) in [5.74, 6) is -0.955. The molecule has 2 aliphatic rings. The molecule has 2 N–H and O–H groups in total. The van der Waals surface area contributed by atoms with Gasteiger partial charge in [-0.3, -0.25) is 4.79 Å². The first-order chi connectivity index (χ1) is 12.6. The van der Waals surface area contributed by atoms with Gasteiger partial charge in [0.25, 0.3) is 0 Å². The number of nitrogens with one attached hydrogen (secondary N) is 1. The number of hydrogen-bond acceptors (Lipinski definition) is 4. The third-order valence-corrected chi connectivity index (χ3v) is 5.40. The van der Waals surface area contributed by atoms with Crippen LogP contribution in [0.2, 0.25) is 0 Å². The Morgan fingerprint density at radius 3 is 2.15 bits per heavy atom. The molecule has 26 heavy (non-hydrogen) atoms. The fourth-order valence-corrected chi connectivity index (χ4v) is 3.82. The van der Waals surface area contributed by atoms with Gasteiger partial charge in [-0.25, -0.2) is 4.79 Å². The van der Waals surface area contributed by atoms with E-state index in [0.717, 1.165) is 11.1 Å². The molecule has 0 saturated carbocycles. The number of hydrogen-bond donors (Lipinski definition) is 2. The highest BCUT2D eigenvalue weighted by Crippen LogP contribution is 2.44. The molecule has 1 fully saturated rings. The van der Waals surface area contributed by atoms with E-state index in [1.165, 1.54) is 16.0 Å². The summed E-state index contributed by atoms with van der Waals surface area (Å²) in [4.78, 5) is 25.0. The lowest BCUT2D eigenvalue weighted by Crippen LogP contribution is -2.73. The highest BCUT2D eigenvalue weighted by molar-refractivity contribution is 5.84. The first kappa shape index (κ1) is 16.6. The summed E-state index contributed by atoms with van der Waals surface area (Å²) < 4.78 is 5.53. The van der Waals surface area contributed by atoms with E-state index in [0.29, 0.717) is 0 Å². The summed E-state index contributed by atoms with van der Waals surface area (Å²) in [6, 6.07) is 16.3. The van der Waals surface area contributed by atoms with Gasteiger partial charge >= 0.3 is 12.1 Å². The lowest BCUT2D eigenvalue weighted by molar-refractivity contribution is -0.151. The summed E-state index contributed by atoms with van der Waals surface area (Å²) in [5.41, 5.74) is 3.59. The van der Waals surface area contributed by atoms with Crippen molar-refractivity contribution in [1.29, 1.82) is 0 Å². The van der Waals surface area contributed by atoms with Crippen molar-refractivity contribution in [3.63, 3.8) is 0 Å². The summed E-state index contributed by atoms with van der Waals surface area (Å²) in [7, 11) is 1.59. The molecule has 4 rings (SSSR count). The second kappa shape index (κ2) is 6.14. The highest BCUT2D eigenvalue weighted by atomic mass is 16.6. The molecule has 1 heterocycles. The van der Waals surface area contributed by atoms with Gasteiger partial charge in [-0.15, -0.1) is 0 Å². The Kier molecular flexibility index (Phi) is 3.92. The number of ether oxygens (including phenoxy) is 1. The van der Waals surface area contributed by atoms with Gasteiger partial charge in [-0.2, -0.15) is 0 Å². The van der Waals surface area contributed by atoms with E-state index in [2.05, 4.69) is 29.6 Å². The first-order valence-corrected chi connectivity index (χ1v) is 8.58. The number of likely N-dealkylation sites (N-methyl/N-ethyl adjacent to an activating group) is 1. The van der Waals surface area contributed by atoms with E-state index in [4.69, 9.17) is 4.74 Å². The van der Waals surface area contributed by atoms with Crippen molar-refractivity contribution in [3.8, 4) is 11.1 Å². The molecule has 0 radical (unpaired) electrons. The molecule has 2 aromatic carbocycles. The van der Waals surface area contributed by atoms with Crippen molar-refractivity contribution in [3.05, 3.63) is 59.7 Å². The van der Waals surface area contributed by atoms with Crippen molar-refractivity contribution in [2.45, 2.75) is 11.5 Å². The molecule has 1 amide bonds. The number of likely N-dealkylation sites (tertiary alicyclic amines) is 1. The van der Waals surface area contributed by atoms with Gasteiger partial charge in [0.2, 0.25) is 0 Å². The van der Waals surface area contributed by atoms with Crippen LogP contribution in [-0.2, 0) is 9.53 Å². The van der Waals surface area contributed by atoms with E-state index >= 15 is 0 Å². The normalized spacial score (nSPS) is 17.2. The van der Waals surface area contributed by atoms with Crippen molar-refractivity contribution in [1.82, 2.24) is 10.2 Å². The monoisotopic (exact) mass is 352 g/mol. The number of nitrogens with zero attached hydrogens (tertiary/aromatic N) is 1. The maximum absolute atomic E-state index is 12.3. The Bertz CT molecular complexity index is 828. The first-order valence-electron chi connectivity index (χ1n) is 8.58. The molecule has 1 aliphatic carbocycles. The quantitative estimate of drug-likeness (QED) is 0.883. The lowest BCUT2D eigenvalue weighted by Gasteiger charge is -2.45. The third-order valence-electron chi connectivity index (χ3n) is 5.40. The minimum absolute atomic E-state index is 0.00107. The largest absolute Gasteiger partial charge is 0.480 e. The van der Waals surface area contributed by atoms with E-state index in [9.17, 15) is 14.7 Å². The maximum atomic E-state index is 12.3. The number of rotatable bonds is 4. The second-order valence-corrected chi connectivity index (χ2v) is 6.80. The number of carboxylic acid groups (broad SMARTS) is 1. The topological polar surface area (TPSA) is 78.9 Å². The number of benzene rings is 2. The smallest absolute Gasteiger partial charge is 0.409 e. The molecule has 1 saturated heterocycles. The maximum Gasteiger partial charge on any atom is 0.409 e. The fourth-order valence-electron chi connectivity index (χ4n) is 3.82. The van der Waals surface area contributed by atoms with Crippen LogP contribution < -0.4 is 5.32 Å². The van der Waals surface area contributed by atoms with Crippen LogP contribution in [0.25, 0.3) is 11.1 Å². The Morgan fingerprint density at radius 2 is 1.65 bits per heavy atom. The zero-order chi connectivity index (χ0) is 18.3. The molecule has 0 atom stereocenters. The molecule has 0 spiro atoms. The van der Waals surface area contributed by atoms with Gasteiger partial charge in [0, 0.05) is 5.92 Å². The summed E-state index contributed by atoms with van der Waals surface area (Å²) >= 11 is 0. The van der Waals surface area contributed by atoms with E-state index in [1.807, 2.05) is 24.3 Å². The van der Waals surface area contributed by atoms with Crippen molar-refractivity contribution >= 4 is 12.1 Å². The average Bonchev–Trinajstić information content (AvgIpc) is 2.93. The van der Waals surface area contributed by atoms with Crippen LogP contribution in [0.15, 0.2) is 48.5 Å². The van der Waals surface area contributed by atoms with Crippen LogP contribution in [0.3, 0.4) is 0 Å². The molecule has 1 aliphatic heterocycles. The molecule has 0 aromatic heterocycles. The molecular weight excluding hydrogens is 332 g/mol. The van der Waals surface area contributed by atoms with Crippen LogP contribution in [0, 0.1) is 0 Å². The zero-order valence-corrected chi connectivity index (χ0v) is 14.4. The number of carbonyl (C=O) groups excluding carboxylic acids is 1. The van der Waals surface area contributed by atoms with Gasteiger partial charge in [0.15, 0.2) is 5.54 Å². The van der Waals surface area contributed by atoms with E-state index in [-0.39, 0.29) is 25.6 Å². The van der Waals surface area contributed by atoms with Crippen LogP contribution in [0.1, 0.15) is 17.0 Å². The molecule has 0 unspecified atom stereocenters. The van der Waals surface area contributed by atoms with E-state index in [1.54, 1.807) is 7.05 Å². The van der Waals surface area contributed by atoms with Crippen molar-refractivity contribution in [2.75, 3.05) is 26.7 Å². The Labute approximate surface area is 151 Å². The van der Waals surface area contributed by atoms with E-state index < -0.39 is 17.6 Å². The minimum atomic E-state index is -1.06. The number of amides is 1. The van der Waals surface area contributed by atoms with Gasteiger partial charge < -0.3 is 20.1 Å². The molecule has 6 nitrogen and oxygen atoms in total. The zero-order valence-electron chi connectivity index (χ0n) is 14.4.